The van der Waals surface area contributed by atoms with Gasteiger partial charge in [-0.2, -0.15) is 0 Å². The van der Waals surface area contributed by atoms with E-state index in [2.05, 4.69) is 47.8 Å². The fourth-order valence-corrected chi connectivity index (χ4v) is 1.82. The van der Waals surface area contributed by atoms with Gasteiger partial charge in [-0.1, -0.05) is 55.2 Å². The number of nitrogens with one attached hydrogen (secondary N) is 2. The Morgan fingerprint density at radius 2 is 2.31 bits per heavy atom. The van der Waals surface area contributed by atoms with Crippen LogP contribution in [0.15, 0.2) is 72.0 Å². The van der Waals surface area contributed by atoms with E-state index >= 15 is 0 Å². The zero-order chi connectivity index (χ0) is 11.4. The maximum absolute atomic E-state index is 3.85. The van der Waals surface area contributed by atoms with Crippen LogP contribution in [0.1, 0.15) is 6.92 Å². The average molecular weight is 212 g/mol. The third-order valence-corrected chi connectivity index (χ3v) is 2.64. The fraction of sp³-hybridized carbons (Fsp3) is 0.143. The van der Waals surface area contributed by atoms with Crippen molar-refractivity contribution in [2.24, 2.45) is 0 Å². The second-order valence-corrected chi connectivity index (χ2v) is 3.67. The molecule has 1 unspecified atom stereocenters. The first kappa shape index (κ1) is 10.7. The summed E-state index contributed by atoms with van der Waals surface area (Å²) in [5.74, 6) is 0. The van der Waals surface area contributed by atoms with Crippen LogP contribution >= 0.6 is 0 Å². The molecule has 2 N–H and O–H groups in total. The number of hydrogen-bond donors (Lipinski definition) is 2. The molecule has 1 aliphatic carbocycles. The molecule has 0 amide bonds. The number of hydrogen-bond acceptors (Lipinski definition) is 2. The summed E-state index contributed by atoms with van der Waals surface area (Å²) in [6.07, 6.45) is 16.3. The van der Waals surface area contributed by atoms with Gasteiger partial charge in [0.15, 0.2) is 0 Å². The molecule has 2 rings (SSSR count). The minimum absolute atomic E-state index is 0.272. The van der Waals surface area contributed by atoms with E-state index in [-0.39, 0.29) is 6.04 Å². The van der Waals surface area contributed by atoms with E-state index in [9.17, 15) is 0 Å². The van der Waals surface area contributed by atoms with E-state index in [1.165, 1.54) is 5.57 Å². The molecule has 0 bridgehead atoms. The number of rotatable bonds is 3. The van der Waals surface area contributed by atoms with Gasteiger partial charge in [0, 0.05) is 0 Å². The van der Waals surface area contributed by atoms with Crippen LogP contribution < -0.4 is 10.9 Å². The molecule has 0 spiro atoms. The number of hydrazine groups is 1. The molecular formula is C14H16N2. The van der Waals surface area contributed by atoms with Gasteiger partial charge in [0.1, 0.15) is 0 Å². The maximum Gasteiger partial charge on any atom is 0.0714 e. The van der Waals surface area contributed by atoms with Crippen LogP contribution in [0, 0.1) is 0 Å². The van der Waals surface area contributed by atoms with Crippen molar-refractivity contribution >= 4 is 0 Å². The van der Waals surface area contributed by atoms with E-state index in [1.807, 2.05) is 25.2 Å². The predicted octanol–water partition coefficient (Wildman–Crippen LogP) is 2.53. The molecule has 1 aliphatic heterocycles. The molecule has 2 aliphatic rings. The predicted molar refractivity (Wildman–Crippen MR) is 68.5 cm³/mol. The van der Waals surface area contributed by atoms with Gasteiger partial charge in [0.05, 0.1) is 11.7 Å². The number of fused-ring (bicyclic) bond motifs is 1. The monoisotopic (exact) mass is 212 g/mol. The minimum Gasteiger partial charge on any atom is -0.320 e. The summed E-state index contributed by atoms with van der Waals surface area (Å²) >= 11 is 0. The molecule has 2 nitrogen and oxygen atoms in total. The Kier molecular flexibility index (Phi) is 3.22. The lowest BCUT2D eigenvalue weighted by molar-refractivity contribution is 0.638. The molecule has 0 saturated heterocycles. The van der Waals surface area contributed by atoms with Gasteiger partial charge in [-0.15, -0.1) is 0 Å². The van der Waals surface area contributed by atoms with Gasteiger partial charge >= 0.3 is 0 Å². The van der Waals surface area contributed by atoms with E-state index in [1.54, 1.807) is 0 Å². The molecule has 16 heavy (non-hydrogen) atoms. The second-order valence-electron chi connectivity index (χ2n) is 3.67. The van der Waals surface area contributed by atoms with Crippen LogP contribution in [0.4, 0.5) is 0 Å². The average Bonchev–Trinajstić information content (AvgIpc) is 2.75. The first-order valence-corrected chi connectivity index (χ1v) is 5.43. The highest BCUT2D eigenvalue weighted by Gasteiger charge is 2.22. The van der Waals surface area contributed by atoms with E-state index in [4.69, 9.17) is 0 Å². The summed E-state index contributed by atoms with van der Waals surface area (Å²) in [5.41, 5.74) is 9.91. The second kappa shape index (κ2) is 4.81. The molecular weight excluding hydrogens is 196 g/mol. The molecule has 82 valence electrons. The summed E-state index contributed by atoms with van der Waals surface area (Å²) in [7, 11) is 0. The van der Waals surface area contributed by atoms with Gasteiger partial charge in [-0.3, -0.25) is 0 Å². The van der Waals surface area contributed by atoms with E-state index in [0.29, 0.717) is 0 Å². The summed E-state index contributed by atoms with van der Waals surface area (Å²) in [6, 6.07) is 0.272. The lowest BCUT2D eigenvalue weighted by Gasteiger charge is -2.08. The van der Waals surface area contributed by atoms with Crippen molar-refractivity contribution in [3.05, 3.63) is 72.0 Å². The molecule has 0 fully saturated rings. The summed E-state index contributed by atoms with van der Waals surface area (Å²) in [4.78, 5) is 0. The molecule has 1 atom stereocenters. The molecule has 0 saturated carbocycles. The molecule has 0 aromatic rings. The van der Waals surface area contributed by atoms with E-state index in [0.717, 1.165) is 11.3 Å². The Balaban J connectivity index is 2.36. The van der Waals surface area contributed by atoms with Crippen LogP contribution in [-0.2, 0) is 0 Å². The van der Waals surface area contributed by atoms with Gasteiger partial charge in [-0.05, 0) is 18.1 Å². The van der Waals surface area contributed by atoms with Gasteiger partial charge in [0.2, 0.25) is 0 Å². The van der Waals surface area contributed by atoms with Crippen molar-refractivity contribution in [2.75, 3.05) is 0 Å². The molecule has 0 aromatic carbocycles. The first-order valence-electron chi connectivity index (χ1n) is 5.43. The van der Waals surface area contributed by atoms with Crippen molar-refractivity contribution in [2.45, 2.75) is 13.0 Å². The highest BCUT2D eigenvalue weighted by molar-refractivity contribution is 5.52. The van der Waals surface area contributed by atoms with Crippen molar-refractivity contribution in [1.29, 1.82) is 0 Å². The third kappa shape index (κ3) is 1.92. The zero-order valence-electron chi connectivity index (χ0n) is 9.40. The molecule has 2 heteroatoms. The van der Waals surface area contributed by atoms with Gasteiger partial charge < -0.3 is 5.43 Å². The lowest BCUT2D eigenvalue weighted by Crippen LogP contribution is -2.31. The van der Waals surface area contributed by atoms with Crippen LogP contribution in [-0.4, -0.2) is 6.04 Å². The normalized spacial score (nSPS) is 23.8. The van der Waals surface area contributed by atoms with Crippen molar-refractivity contribution in [1.82, 2.24) is 10.9 Å². The Bertz CT molecular complexity index is 434. The Labute approximate surface area is 96.4 Å². The standard InChI is InChI=1S/C14H16N2/c1-3-5-8-11(4-2)14-12-9-6-7-10-13(12)15-16-14/h3-10,13,15-16H,2H2,1H3/b5-3-,11-8+. The summed E-state index contributed by atoms with van der Waals surface area (Å²) < 4.78 is 0. The Morgan fingerprint density at radius 1 is 1.44 bits per heavy atom. The smallest absolute Gasteiger partial charge is 0.0714 e. The van der Waals surface area contributed by atoms with Crippen LogP contribution in [0.5, 0.6) is 0 Å². The summed E-state index contributed by atoms with van der Waals surface area (Å²) in [5, 5.41) is 0. The topological polar surface area (TPSA) is 24.1 Å². The summed E-state index contributed by atoms with van der Waals surface area (Å²) in [6.45, 7) is 5.85. The van der Waals surface area contributed by atoms with Crippen LogP contribution in [0.25, 0.3) is 0 Å². The van der Waals surface area contributed by atoms with Crippen molar-refractivity contribution in [3.63, 3.8) is 0 Å². The zero-order valence-corrected chi connectivity index (χ0v) is 9.40. The SMILES string of the molecule is C=C/C(=C\C=C/C)C1=C2C=CC=CC2NN1. The van der Waals surface area contributed by atoms with Gasteiger partial charge in [0.25, 0.3) is 0 Å². The Morgan fingerprint density at radius 3 is 3.06 bits per heavy atom. The van der Waals surface area contributed by atoms with Crippen LogP contribution in [0.3, 0.4) is 0 Å². The lowest BCUT2D eigenvalue weighted by atomic mass is 9.98. The Hall–Kier alpha value is -1.80. The van der Waals surface area contributed by atoms with Gasteiger partial charge in [-0.25, -0.2) is 5.43 Å². The maximum atomic E-state index is 3.85. The number of allylic oxidation sites excluding steroid dienone is 6. The highest BCUT2D eigenvalue weighted by Crippen LogP contribution is 2.24. The first-order chi connectivity index (χ1) is 7.86. The molecule has 0 radical (unpaired) electrons. The quantitative estimate of drug-likeness (QED) is 0.702. The van der Waals surface area contributed by atoms with E-state index < -0.39 is 0 Å². The van der Waals surface area contributed by atoms with Crippen molar-refractivity contribution in [3.8, 4) is 0 Å². The molecule has 1 heterocycles. The minimum atomic E-state index is 0.272. The molecule has 0 aromatic heterocycles. The highest BCUT2D eigenvalue weighted by atomic mass is 15.4. The van der Waals surface area contributed by atoms with Crippen LogP contribution in [0.2, 0.25) is 0 Å². The largest absolute Gasteiger partial charge is 0.320 e. The fourth-order valence-electron chi connectivity index (χ4n) is 1.82. The third-order valence-electron chi connectivity index (χ3n) is 2.64. The van der Waals surface area contributed by atoms with Crippen molar-refractivity contribution < 1.29 is 0 Å².